The fraction of sp³-hybridized carbons (Fsp3) is 0.727. The van der Waals surface area contributed by atoms with Crippen LogP contribution in [0.25, 0.3) is 0 Å². The molecule has 2 atom stereocenters. The van der Waals surface area contributed by atoms with E-state index in [0.29, 0.717) is 17.9 Å². The van der Waals surface area contributed by atoms with Crippen molar-refractivity contribution in [3.8, 4) is 0 Å². The Kier molecular flexibility index (Phi) is 3.74. The molecule has 18 heavy (non-hydrogen) atoms. The zero-order valence-electron chi connectivity index (χ0n) is 10.7. The number of hydrogen-bond acceptors (Lipinski definition) is 4. The van der Waals surface area contributed by atoms with E-state index in [4.69, 9.17) is 5.73 Å². The van der Waals surface area contributed by atoms with Gasteiger partial charge in [-0.3, -0.25) is 5.10 Å². The molecular formula is C11H20N4O2S. The summed E-state index contributed by atoms with van der Waals surface area (Å²) in [5, 5.41) is 6.59. The first kappa shape index (κ1) is 13.5. The molecule has 0 spiro atoms. The van der Waals surface area contributed by atoms with Crippen LogP contribution in [0.2, 0.25) is 0 Å². The number of aromatic amines is 1. The van der Waals surface area contributed by atoms with Gasteiger partial charge in [-0.25, -0.2) is 13.1 Å². The summed E-state index contributed by atoms with van der Waals surface area (Å²) in [5.41, 5.74) is 6.99. The molecule has 1 aromatic rings. The molecule has 2 rings (SSSR count). The van der Waals surface area contributed by atoms with Crippen LogP contribution in [0.5, 0.6) is 0 Å². The third-order valence-electron chi connectivity index (χ3n) is 3.58. The molecule has 0 bridgehead atoms. The second-order valence-electron chi connectivity index (χ2n) is 4.97. The maximum atomic E-state index is 12.2. The summed E-state index contributed by atoms with van der Waals surface area (Å²) in [6.07, 6.45) is 3.06. The Hall–Kier alpha value is -0.920. The van der Waals surface area contributed by atoms with Gasteiger partial charge in [0, 0.05) is 12.6 Å². The lowest BCUT2D eigenvalue weighted by Crippen LogP contribution is -2.36. The quantitative estimate of drug-likeness (QED) is 0.740. The van der Waals surface area contributed by atoms with E-state index in [0.717, 1.165) is 19.3 Å². The monoisotopic (exact) mass is 272 g/mol. The number of aromatic nitrogens is 2. The number of nitrogens with zero attached hydrogens (tertiary/aromatic N) is 1. The first-order valence-electron chi connectivity index (χ1n) is 6.18. The minimum absolute atomic E-state index is 0.110. The summed E-state index contributed by atoms with van der Waals surface area (Å²) in [6, 6.07) is 0.110. The summed E-state index contributed by atoms with van der Waals surface area (Å²) >= 11 is 0. The van der Waals surface area contributed by atoms with E-state index in [9.17, 15) is 8.42 Å². The maximum Gasteiger partial charge on any atom is 0.244 e. The van der Waals surface area contributed by atoms with E-state index in [1.165, 1.54) is 0 Å². The van der Waals surface area contributed by atoms with Crippen LogP contribution in [0, 0.1) is 19.8 Å². The topological polar surface area (TPSA) is 101 Å². The molecule has 0 aliphatic heterocycles. The second-order valence-corrected chi connectivity index (χ2v) is 6.67. The maximum absolute atomic E-state index is 12.2. The number of aryl methyl sites for hydroxylation is 2. The van der Waals surface area contributed by atoms with Crippen molar-refractivity contribution in [2.24, 2.45) is 11.7 Å². The molecule has 0 amide bonds. The fourth-order valence-electron chi connectivity index (χ4n) is 2.54. The van der Waals surface area contributed by atoms with Gasteiger partial charge in [0.05, 0.1) is 11.4 Å². The largest absolute Gasteiger partial charge is 0.327 e. The van der Waals surface area contributed by atoms with Gasteiger partial charge in [-0.05, 0) is 32.6 Å². The third-order valence-corrected chi connectivity index (χ3v) is 5.27. The Labute approximate surface area is 107 Å². The predicted octanol–water partition coefficient (Wildman–Crippen LogP) is 0.432. The van der Waals surface area contributed by atoms with Crippen molar-refractivity contribution < 1.29 is 8.42 Å². The zero-order chi connectivity index (χ0) is 13.3. The van der Waals surface area contributed by atoms with E-state index in [2.05, 4.69) is 14.9 Å². The van der Waals surface area contributed by atoms with Crippen LogP contribution >= 0.6 is 0 Å². The summed E-state index contributed by atoms with van der Waals surface area (Å²) in [5.74, 6) is 0.243. The van der Waals surface area contributed by atoms with Crippen LogP contribution in [-0.4, -0.2) is 31.2 Å². The molecule has 0 saturated heterocycles. The lowest BCUT2D eigenvalue weighted by molar-refractivity contribution is 0.469. The Bertz CT molecular complexity index is 504. The van der Waals surface area contributed by atoms with Gasteiger partial charge in [-0.2, -0.15) is 5.10 Å². The lowest BCUT2D eigenvalue weighted by Gasteiger charge is -2.16. The van der Waals surface area contributed by atoms with Crippen LogP contribution in [0.3, 0.4) is 0 Å². The van der Waals surface area contributed by atoms with E-state index in [1.54, 1.807) is 13.8 Å². The van der Waals surface area contributed by atoms with Gasteiger partial charge in [0.15, 0.2) is 0 Å². The van der Waals surface area contributed by atoms with Crippen molar-refractivity contribution in [3.05, 3.63) is 11.4 Å². The number of nitrogens with one attached hydrogen (secondary N) is 2. The first-order chi connectivity index (χ1) is 8.42. The molecule has 0 radical (unpaired) electrons. The molecule has 1 aromatic heterocycles. The van der Waals surface area contributed by atoms with Gasteiger partial charge >= 0.3 is 0 Å². The molecular weight excluding hydrogens is 252 g/mol. The molecule has 7 heteroatoms. The smallest absolute Gasteiger partial charge is 0.244 e. The number of H-pyrrole nitrogens is 1. The van der Waals surface area contributed by atoms with Crippen LogP contribution < -0.4 is 10.5 Å². The average molecular weight is 272 g/mol. The number of rotatable bonds is 4. The molecule has 4 N–H and O–H groups in total. The number of hydrogen-bond donors (Lipinski definition) is 3. The average Bonchev–Trinajstić information content (AvgIpc) is 2.83. The van der Waals surface area contributed by atoms with Crippen molar-refractivity contribution >= 4 is 10.0 Å². The fourth-order valence-corrected chi connectivity index (χ4v) is 4.01. The van der Waals surface area contributed by atoms with Crippen molar-refractivity contribution in [2.75, 3.05) is 6.54 Å². The Morgan fingerprint density at radius 2 is 2.17 bits per heavy atom. The molecule has 1 aliphatic rings. The lowest BCUT2D eigenvalue weighted by atomic mass is 10.1. The number of nitrogens with two attached hydrogens (primary N) is 1. The van der Waals surface area contributed by atoms with Gasteiger partial charge in [0.25, 0.3) is 0 Å². The SMILES string of the molecule is Cc1n[nH]c(C)c1S(=O)(=O)NCC1CCCC1N. The van der Waals surface area contributed by atoms with Crippen LogP contribution in [0.1, 0.15) is 30.7 Å². The highest BCUT2D eigenvalue weighted by Gasteiger charge is 2.27. The van der Waals surface area contributed by atoms with Crippen molar-refractivity contribution in [1.82, 2.24) is 14.9 Å². The second kappa shape index (κ2) is 4.99. The predicted molar refractivity (Wildman–Crippen MR) is 68.6 cm³/mol. The molecule has 102 valence electrons. The first-order valence-corrected chi connectivity index (χ1v) is 7.67. The van der Waals surface area contributed by atoms with E-state index in [-0.39, 0.29) is 16.9 Å². The van der Waals surface area contributed by atoms with Gasteiger partial charge in [-0.1, -0.05) is 6.42 Å². The van der Waals surface area contributed by atoms with Crippen molar-refractivity contribution in [3.63, 3.8) is 0 Å². The Morgan fingerprint density at radius 1 is 1.44 bits per heavy atom. The van der Waals surface area contributed by atoms with E-state index < -0.39 is 10.0 Å². The highest BCUT2D eigenvalue weighted by molar-refractivity contribution is 7.89. The van der Waals surface area contributed by atoms with E-state index in [1.807, 2.05) is 0 Å². The van der Waals surface area contributed by atoms with Crippen molar-refractivity contribution in [2.45, 2.75) is 44.0 Å². The minimum atomic E-state index is -3.49. The third kappa shape index (κ3) is 2.57. The van der Waals surface area contributed by atoms with Crippen molar-refractivity contribution in [1.29, 1.82) is 0 Å². The zero-order valence-corrected chi connectivity index (χ0v) is 11.5. The molecule has 1 saturated carbocycles. The summed E-state index contributed by atoms with van der Waals surface area (Å²) in [6.45, 7) is 3.79. The molecule has 6 nitrogen and oxygen atoms in total. The standard InChI is InChI=1S/C11H20N4O2S/c1-7-11(8(2)15-14-7)18(16,17)13-6-9-4-3-5-10(9)12/h9-10,13H,3-6,12H2,1-2H3,(H,14,15). The van der Waals surface area contributed by atoms with Gasteiger partial charge in [0.2, 0.25) is 10.0 Å². The minimum Gasteiger partial charge on any atom is -0.327 e. The van der Waals surface area contributed by atoms with Crippen LogP contribution in [0.15, 0.2) is 4.90 Å². The highest BCUT2D eigenvalue weighted by Crippen LogP contribution is 2.24. The number of sulfonamides is 1. The molecule has 1 heterocycles. The van der Waals surface area contributed by atoms with E-state index >= 15 is 0 Å². The normalized spacial score (nSPS) is 24.6. The van der Waals surface area contributed by atoms with Crippen LogP contribution in [0.4, 0.5) is 0 Å². The summed E-state index contributed by atoms with van der Waals surface area (Å²) in [7, 11) is -3.49. The van der Waals surface area contributed by atoms with Crippen LogP contribution in [-0.2, 0) is 10.0 Å². The van der Waals surface area contributed by atoms with Gasteiger partial charge in [-0.15, -0.1) is 0 Å². The van der Waals surface area contributed by atoms with Gasteiger partial charge in [0.1, 0.15) is 4.90 Å². The molecule has 1 aliphatic carbocycles. The summed E-state index contributed by atoms with van der Waals surface area (Å²) < 4.78 is 27.0. The Balaban J connectivity index is 2.08. The van der Waals surface area contributed by atoms with Gasteiger partial charge < -0.3 is 5.73 Å². The Morgan fingerprint density at radius 3 is 2.67 bits per heavy atom. The molecule has 0 aromatic carbocycles. The molecule has 1 fully saturated rings. The summed E-state index contributed by atoms with van der Waals surface area (Å²) in [4.78, 5) is 0.258. The molecule has 2 unspecified atom stereocenters. The highest BCUT2D eigenvalue weighted by atomic mass is 32.2.